The van der Waals surface area contributed by atoms with Crippen LogP contribution in [0.1, 0.15) is 11.1 Å². The Morgan fingerprint density at radius 1 is 0.955 bits per heavy atom. The van der Waals surface area contributed by atoms with Gasteiger partial charge in [0.25, 0.3) is 0 Å². The Morgan fingerprint density at radius 3 is 2.23 bits per heavy atom. The molecule has 110 valence electrons. The molecule has 3 rings (SSSR count). The first-order valence-corrected chi connectivity index (χ1v) is 6.40. The van der Waals surface area contributed by atoms with Gasteiger partial charge in [0.15, 0.2) is 0 Å². The monoisotopic (exact) mass is 302 g/mol. The van der Waals surface area contributed by atoms with Gasteiger partial charge in [-0.3, -0.25) is 0 Å². The van der Waals surface area contributed by atoms with Crippen LogP contribution < -0.4 is 0 Å². The zero-order chi connectivity index (χ0) is 15.7. The molecule has 2 aromatic rings. The van der Waals surface area contributed by atoms with Crippen LogP contribution in [0, 0.1) is 17.5 Å². The molecule has 0 aliphatic carbocycles. The van der Waals surface area contributed by atoms with Gasteiger partial charge in [-0.05, 0) is 17.7 Å². The average molecular weight is 302 g/mol. The molecule has 0 amide bonds. The van der Waals surface area contributed by atoms with Crippen LogP contribution in [0.15, 0.2) is 54.3 Å². The lowest BCUT2D eigenvalue weighted by Gasteiger charge is -2.03. The van der Waals surface area contributed by atoms with Crippen molar-refractivity contribution in [1.29, 1.82) is 0 Å². The quantitative estimate of drug-likeness (QED) is 0.781. The molecule has 0 bridgehead atoms. The van der Waals surface area contributed by atoms with Gasteiger partial charge in [-0.25, -0.2) is 18.0 Å². The third kappa shape index (κ3) is 2.65. The largest absolute Gasteiger partial charge is 0.423 e. The first-order valence-electron chi connectivity index (χ1n) is 6.40. The summed E-state index contributed by atoms with van der Waals surface area (Å²) in [7, 11) is 0. The third-order valence-corrected chi connectivity index (χ3v) is 3.10. The number of allylic oxidation sites excluding steroid dienone is 1. The van der Waals surface area contributed by atoms with Crippen LogP contribution in [0.3, 0.4) is 0 Å². The smallest absolute Gasteiger partial charge is 0.344 e. The van der Waals surface area contributed by atoms with Gasteiger partial charge in [-0.2, -0.15) is 0 Å². The van der Waals surface area contributed by atoms with Crippen LogP contribution in [-0.4, -0.2) is 5.97 Å². The summed E-state index contributed by atoms with van der Waals surface area (Å²) in [5.41, 5.74) is -0.108. The number of hydrogen-bond donors (Lipinski definition) is 0. The summed E-state index contributed by atoms with van der Waals surface area (Å²) in [6, 6.07) is 10.0. The second kappa shape index (κ2) is 5.52. The maximum absolute atomic E-state index is 13.7. The van der Waals surface area contributed by atoms with Gasteiger partial charge >= 0.3 is 5.97 Å². The maximum Gasteiger partial charge on any atom is 0.344 e. The van der Waals surface area contributed by atoms with Gasteiger partial charge in [-0.15, -0.1) is 0 Å². The number of hydrogen-bond acceptors (Lipinski definition) is 2. The van der Waals surface area contributed by atoms with Crippen LogP contribution in [0.2, 0.25) is 0 Å². The van der Waals surface area contributed by atoms with Crippen molar-refractivity contribution < 1.29 is 22.7 Å². The van der Waals surface area contributed by atoms with Crippen LogP contribution >= 0.6 is 0 Å². The zero-order valence-corrected chi connectivity index (χ0v) is 11.1. The second-order valence-corrected chi connectivity index (χ2v) is 4.65. The summed E-state index contributed by atoms with van der Waals surface area (Å²) in [5, 5.41) is 0. The second-order valence-electron chi connectivity index (χ2n) is 4.65. The Labute approximate surface area is 124 Å². The minimum absolute atomic E-state index is 0.161. The molecular weight excluding hydrogens is 293 g/mol. The first kappa shape index (κ1) is 14.1. The predicted molar refractivity (Wildman–Crippen MR) is 74.8 cm³/mol. The lowest BCUT2D eigenvalue weighted by molar-refractivity contribution is -0.131. The van der Waals surface area contributed by atoms with Gasteiger partial charge in [0.1, 0.15) is 23.2 Å². The van der Waals surface area contributed by atoms with Gasteiger partial charge < -0.3 is 4.74 Å². The van der Waals surface area contributed by atoms with E-state index in [1.165, 1.54) is 6.08 Å². The topological polar surface area (TPSA) is 26.3 Å². The van der Waals surface area contributed by atoms with E-state index in [1.807, 2.05) is 6.07 Å². The van der Waals surface area contributed by atoms with Gasteiger partial charge in [0, 0.05) is 12.1 Å². The lowest BCUT2D eigenvalue weighted by Crippen LogP contribution is -2.03. The molecule has 22 heavy (non-hydrogen) atoms. The highest BCUT2D eigenvalue weighted by atomic mass is 19.1. The normalized spacial score (nSPS) is 15.9. The van der Waals surface area contributed by atoms with Crippen LogP contribution in [0.4, 0.5) is 13.2 Å². The predicted octanol–water partition coefficient (Wildman–Crippen LogP) is 4.09. The number of esters is 1. The zero-order valence-electron chi connectivity index (χ0n) is 11.1. The Balaban J connectivity index is 2.03. The number of carbonyl (C=O) groups excluding carboxylic acids is 1. The number of benzene rings is 2. The Hall–Kier alpha value is -2.82. The molecule has 2 nitrogen and oxygen atoms in total. The number of carbonyl (C=O) groups is 1. The van der Waals surface area contributed by atoms with E-state index >= 15 is 0 Å². The van der Waals surface area contributed by atoms with Crippen molar-refractivity contribution in [2.24, 2.45) is 0 Å². The van der Waals surface area contributed by atoms with Crippen molar-refractivity contribution in [2.75, 3.05) is 0 Å². The molecule has 0 radical (unpaired) electrons. The van der Waals surface area contributed by atoms with Crippen LogP contribution in [0.5, 0.6) is 0 Å². The van der Waals surface area contributed by atoms with Crippen molar-refractivity contribution in [3.63, 3.8) is 0 Å². The van der Waals surface area contributed by atoms with E-state index < -0.39 is 29.0 Å². The fourth-order valence-corrected chi connectivity index (χ4v) is 2.15. The van der Waals surface area contributed by atoms with Gasteiger partial charge in [0.2, 0.25) is 0 Å². The molecule has 0 atom stereocenters. The third-order valence-electron chi connectivity index (χ3n) is 3.10. The molecular formula is C17H9F3O2. The van der Waals surface area contributed by atoms with Crippen molar-refractivity contribution >= 4 is 17.6 Å². The lowest BCUT2D eigenvalue weighted by atomic mass is 10.0. The molecule has 0 fully saturated rings. The molecule has 1 heterocycles. The van der Waals surface area contributed by atoms with E-state index in [2.05, 4.69) is 0 Å². The van der Waals surface area contributed by atoms with E-state index in [0.717, 1.165) is 5.56 Å². The van der Waals surface area contributed by atoms with E-state index in [0.29, 0.717) is 12.1 Å². The Morgan fingerprint density at radius 2 is 1.59 bits per heavy atom. The molecule has 1 aliphatic heterocycles. The molecule has 0 aromatic heterocycles. The van der Waals surface area contributed by atoms with Gasteiger partial charge in [-0.1, -0.05) is 30.3 Å². The Bertz CT molecular complexity index is 785. The van der Waals surface area contributed by atoms with E-state index in [-0.39, 0.29) is 11.3 Å². The summed E-state index contributed by atoms with van der Waals surface area (Å²) in [4.78, 5) is 11.8. The summed E-state index contributed by atoms with van der Waals surface area (Å²) in [6.07, 6.45) is 2.79. The number of rotatable bonds is 2. The van der Waals surface area contributed by atoms with Crippen molar-refractivity contribution in [1.82, 2.24) is 0 Å². The standard InChI is InChI=1S/C17H9F3O2/c18-11-7-14(19)16(15(20)8-11)13-9-12(22-17(13)21)6-10-4-2-1-3-5-10/h1-9H. The molecule has 5 heteroatoms. The van der Waals surface area contributed by atoms with Crippen molar-refractivity contribution in [3.8, 4) is 0 Å². The average Bonchev–Trinajstić information content (AvgIpc) is 2.79. The van der Waals surface area contributed by atoms with E-state index in [9.17, 15) is 18.0 Å². The molecule has 1 aliphatic rings. The minimum atomic E-state index is -1.15. The fraction of sp³-hybridized carbons (Fsp3) is 0. The number of halogens is 3. The number of cyclic esters (lactones) is 1. The van der Waals surface area contributed by atoms with E-state index in [1.54, 1.807) is 30.3 Å². The fourth-order valence-electron chi connectivity index (χ4n) is 2.15. The Kier molecular flexibility index (Phi) is 3.55. The van der Waals surface area contributed by atoms with E-state index in [4.69, 9.17) is 4.74 Å². The SMILES string of the molecule is O=C1OC(=Cc2ccccc2)C=C1c1c(F)cc(F)cc1F. The highest BCUT2D eigenvalue weighted by Crippen LogP contribution is 2.31. The van der Waals surface area contributed by atoms with Crippen molar-refractivity contribution in [3.05, 3.63) is 82.9 Å². The summed E-state index contributed by atoms with van der Waals surface area (Å²) >= 11 is 0. The maximum atomic E-state index is 13.7. The highest BCUT2D eigenvalue weighted by molar-refractivity contribution is 6.20. The number of ether oxygens (including phenoxy) is 1. The van der Waals surface area contributed by atoms with Crippen molar-refractivity contribution in [2.45, 2.75) is 0 Å². The van der Waals surface area contributed by atoms with Gasteiger partial charge in [0.05, 0.1) is 11.1 Å². The molecule has 2 aromatic carbocycles. The van der Waals surface area contributed by atoms with Crippen LogP contribution in [-0.2, 0) is 9.53 Å². The molecule has 0 spiro atoms. The minimum Gasteiger partial charge on any atom is -0.423 e. The summed E-state index contributed by atoms with van der Waals surface area (Å²) in [6.45, 7) is 0. The van der Waals surface area contributed by atoms with Crippen LogP contribution in [0.25, 0.3) is 11.6 Å². The summed E-state index contributed by atoms with van der Waals surface area (Å²) in [5.74, 6) is -4.07. The first-order chi connectivity index (χ1) is 10.5. The molecule has 0 unspecified atom stereocenters. The molecule has 0 saturated heterocycles. The highest BCUT2D eigenvalue weighted by Gasteiger charge is 2.28. The molecule has 0 N–H and O–H groups in total. The summed E-state index contributed by atoms with van der Waals surface area (Å²) < 4.78 is 45.4. The molecule has 0 saturated carbocycles.